The zero-order valence-electron chi connectivity index (χ0n) is 11.1. The molecule has 102 valence electrons. The van der Waals surface area contributed by atoms with Crippen LogP contribution in [0.1, 0.15) is 30.6 Å². The molecule has 1 aromatic heterocycles. The van der Waals surface area contributed by atoms with Crippen LogP contribution in [0, 0.1) is 0 Å². The van der Waals surface area contributed by atoms with E-state index in [9.17, 15) is 0 Å². The second-order valence-electron chi connectivity index (χ2n) is 4.35. The zero-order chi connectivity index (χ0) is 13.8. The minimum atomic E-state index is -0.239. The average molecular weight is 324 g/mol. The van der Waals surface area contributed by atoms with Crippen molar-refractivity contribution in [2.45, 2.75) is 25.9 Å². The molecule has 0 amide bonds. The minimum absolute atomic E-state index is 0.239. The molecule has 0 saturated carbocycles. The maximum absolute atomic E-state index is 6.36. The Hall–Kier alpha value is -1.33. The monoisotopic (exact) mass is 323 g/mol. The lowest BCUT2D eigenvalue weighted by molar-refractivity contribution is 0.404. The predicted octanol–water partition coefficient (Wildman–Crippen LogP) is 3.11. The number of nitrogens with zero attached hydrogens (tertiary/aromatic N) is 2. The van der Waals surface area contributed by atoms with E-state index < -0.39 is 0 Å². The van der Waals surface area contributed by atoms with Gasteiger partial charge in [-0.25, -0.2) is 0 Å². The Kier molecular flexibility index (Phi) is 4.61. The van der Waals surface area contributed by atoms with Gasteiger partial charge in [0.2, 0.25) is 0 Å². The van der Waals surface area contributed by atoms with Crippen LogP contribution in [-0.4, -0.2) is 16.9 Å². The third kappa shape index (κ3) is 2.98. The fourth-order valence-corrected chi connectivity index (χ4v) is 2.33. The fourth-order valence-electron chi connectivity index (χ4n) is 2.07. The van der Waals surface area contributed by atoms with Gasteiger partial charge in [-0.05, 0) is 24.1 Å². The van der Waals surface area contributed by atoms with Crippen molar-refractivity contribution in [2.75, 3.05) is 7.11 Å². The van der Waals surface area contributed by atoms with Crippen LogP contribution in [0.2, 0.25) is 0 Å². The van der Waals surface area contributed by atoms with Crippen molar-refractivity contribution in [3.8, 4) is 5.75 Å². The van der Waals surface area contributed by atoms with Gasteiger partial charge in [0.05, 0.1) is 19.3 Å². The lowest BCUT2D eigenvalue weighted by Gasteiger charge is -2.16. The summed E-state index contributed by atoms with van der Waals surface area (Å²) in [4.78, 5) is 0. The molecule has 5 heteroatoms. The predicted molar refractivity (Wildman–Crippen MR) is 79.2 cm³/mol. The van der Waals surface area contributed by atoms with Crippen molar-refractivity contribution in [3.63, 3.8) is 0 Å². The van der Waals surface area contributed by atoms with Gasteiger partial charge in [0.25, 0.3) is 0 Å². The summed E-state index contributed by atoms with van der Waals surface area (Å²) in [6.45, 7) is 2.95. The zero-order valence-corrected chi connectivity index (χ0v) is 12.7. The van der Waals surface area contributed by atoms with Crippen molar-refractivity contribution < 1.29 is 4.74 Å². The molecule has 1 heterocycles. The lowest BCUT2D eigenvalue weighted by Crippen LogP contribution is -2.18. The molecule has 0 spiro atoms. The number of benzene rings is 1. The third-order valence-corrected chi connectivity index (χ3v) is 3.55. The quantitative estimate of drug-likeness (QED) is 0.919. The van der Waals surface area contributed by atoms with Crippen LogP contribution in [0.3, 0.4) is 0 Å². The molecule has 2 rings (SSSR count). The van der Waals surface area contributed by atoms with E-state index in [0.717, 1.165) is 34.4 Å². The number of hydrogen-bond donors (Lipinski definition) is 1. The van der Waals surface area contributed by atoms with Crippen LogP contribution in [0.25, 0.3) is 0 Å². The van der Waals surface area contributed by atoms with Crippen LogP contribution < -0.4 is 10.5 Å². The first-order valence-electron chi connectivity index (χ1n) is 6.28. The second-order valence-corrected chi connectivity index (χ2v) is 5.27. The average Bonchev–Trinajstić information content (AvgIpc) is 2.82. The van der Waals surface area contributed by atoms with Crippen LogP contribution >= 0.6 is 15.9 Å². The number of methoxy groups -OCH3 is 1. The van der Waals surface area contributed by atoms with Crippen LogP contribution in [-0.2, 0) is 6.54 Å². The van der Waals surface area contributed by atoms with E-state index in [1.54, 1.807) is 13.3 Å². The smallest absolute Gasteiger partial charge is 0.161 e. The summed E-state index contributed by atoms with van der Waals surface area (Å²) in [6.07, 6.45) is 2.73. The third-order valence-electron chi connectivity index (χ3n) is 3.02. The maximum Gasteiger partial charge on any atom is 0.161 e. The van der Waals surface area contributed by atoms with E-state index in [4.69, 9.17) is 10.5 Å². The number of aromatic nitrogens is 2. The number of ether oxygens (including phenoxy) is 1. The number of halogens is 1. The SMILES string of the molecule is CCCn1ncc(OC)c1C(N)c1ccc(Br)cc1. The molecule has 4 nitrogen and oxygen atoms in total. The molecule has 0 aliphatic rings. The number of aryl methyl sites for hydroxylation is 1. The molecule has 0 radical (unpaired) electrons. The van der Waals surface area contributed by atoms with Gasteiger partial charge in [0.15, 0.2) is 5.75 Å². The highest BCUT2D eigenvalue weighted by Crippen LogP contribution is 2.29. The molecule has 0 bridgehead atoms. The summed E-state index contributed by atoms with van der Waals surface area (Å²) in [5.74, 6) is 0.740. The van der Waals surface area contributed by atoms with E-state index in [0.29, 0.717) is 0 Å². The molecule has 1 aromatic carbocycles. The molecule has 0 aliphatic heterocycles. The van der Waals surface area contributed by atoms with E-state index in [-0.39, 0.29) is 6.04 Å². The van der Waals surface area contributed by atoms with Gasteiger partial charge < -0.3 is 10.5 Å². The molecule has 19 heavy (non-hydrogen) atoms. The van der Waals surface area contributed by atoms with E-state index in [2.05, 4.69) is 28.0 Å². The Morgan fingerprint density at radius 3 is 2.63 bits per heavy atom. The van der Waals surface area contributed by atoms with E-state index >= 15 is 0 Å². The van der Waals surface area contributed by atoms with E-state index in [1.807, 2.05) is 28.9 Å². The number of nitrogens with two attached hydrogens (primary N) is 1. The topological polar surface area (TPSA) is 53.1 Å². The molecule has 1 atom stereocenters. The molecule has 0 saturated heterocycles. The van der Waals surface area contributed by atoms with Gasteiger partial charge in [0.1, 0.15) is 5.69 Å². The lowest BCUT2D eigenvalue weighted by atomic mass is 10.0. The first-order chi connectivity index (χ1) is 9.17. The molecular formula is C14H18BrN3O. The molecule has 2 aromatic rings. The van der Waals surface area contributed by atoms with Gasteiger partial charge in [-0.15, -0.1) is 0 Å². The Labute approximate surface area is 121 Å². The highest BCUT2D eigenvalue weighted by Gasteiger charge is 2.19. The fraction of sp³-hybridized carbons (Fsp3) is 0.357. The van der Waals surface area contributed by atoms with Crippen molar-refractivity contribution in [2.24, 2.45) is 5.73 Å². The van der Waals surface area contributed by atoms with Crippen molar-refractivity contribution >= 4 is 15.9 Å². The van der Waals surface area contributed by atoms with Crippen molar-refractivity contribution in [1.29, 1.82) is 0 Å². The van der Waals surface area contributed by atoms with Gasteiger partial charge in [-0.1, -0.05) is 35.0 Å². The highest BCUT2D eigenvalue weighted by atomic mass is 79.9. The molecule has 1 unspecified atom stereocenters. The minimum Gasteiger partial charge on any atom is -0.493 e. The summed E-state index contributed by atoms with van der Waals surface area (Å²) in [5.41, 5.74) is 8.33. The molecule has 0 aliphatic carbocycles. The van der Waals surface area contributed by atoms with Crippen LogP contribution in [0.15, 0.2) is 34.9 Å². The molecular weight excluding hydrogens is 306 g/mol. The Morgan fingerprint density at radius 1 is 1.37 bits per heavy atom. The largest absolute Gasteiger partial charge is 0.493 e. The van der Waals surface area contributed by atoms with Gasteiger partial charge in [-0.2, -0.15) is 5.10 Å². The maximum atomic E-state index is 6.36. The second kappa shape index (κ2) is 6.21. The summed E-state index contributed by atoms with van der Waals surface area (Å²) in [6, 6.07) is 7.76. The Balaban J connectivity index is 2.38. The first-order valence-corrected chi connectivity index (χ1v) is 7.07. The Morgan fingerprint density at radius 2 is 2.05 bits per heavy atom. The van der Waals surface area contributed by atoms with Gasteiger partial charge in [0, 0.05) is 11.0 Å². The van der Waals surface area contributed by atoms with Crippen molar-refractivity contribution in [1.82, 2.24) is 9.78 Å². The molecule has 0 fully saturated rings. The van der Waals surface area contributed by atoms with Crippen LogP contribution in [0.5, 0.6) is 5.75 Å². The van der Waals surface area contributed by atoms with Crippen LogP contribution in [0.4, 0.5) is 0 Å². The standard InChI is InChI=1S/C14H18BrN3O/c1-3-8-18-14(12(19-2)9-17-18)13(16)10-4-6-11(15)7-5-10/h4-7,9,13H,3,8,16H2,1-2H3. The number of hydrogen-bond acceptors (Lipinski definition) is 3. The van der Waals surface area contributed by atoms with E-state index in [1.165, 1.54) is 0 Å². The summed E-state index contributed by atoms with van der Waals surface area (Å²) in [5, 5.41) is 4.34. The van der Waals surface area contributed by atoms with Gasteiger partial charge >= 0.3 is 0 Å². The van der Waals surface area contributed by atoms with Crippen molar-refractivity contribution in [3.05, 3.63) is 46.2 Å². The summed E-state index contributed by atoms with van der Waals surface area (Å²) >= 11 is 3.43. The summed E-state index contributed by atoms with van der Waals surface area (Å²) in [7, 11) is 1.64. The normalized spacial score (nSPS) is 12.4. The first kappa shape index (κ1) is 14.1. The van der Waals surface area contributed by atoms with Gasteiger partial charge in [-0.3, -0.25) is 4.68 Å². The highest BCUT2D eigenvalue weighted by molar-refractivity contribution is 9.10. The Bertz CT molecular complexity index is 536. The summed E-state index contributed by atoms with van der Waals surface area (Å²) < 4.78 is 8.33. The molecule has 2 N–H and O–H groups in total. The number of rotatable bonds is 5.